The normalized spacial score (nSPS) is 11.2. The van der Waals surface area contributed by atoms with Gasteiger partial charge in [-0.05, 0) is 31.6 Å². The number of hydrogen-bond donors (Lipinski definition) is 1. The number of alkyl halides is 1. The van der Waals surface area contributed by atoms with Gasteiger partial charge in [0.2, 0.25) is 0 Å². The Morgan fingerprint density at radius 3 is 1.37 bits per heavy atom. The molecule has 12 heteroatoms. The first-order valence-electron chi connectivity index (χ1n) is 12.9. The standard InChI is InChI=1S/C20H41Br.C6H8O7.3K.H3P/c1-5-9-13-14-16-19(15-10-6-2)20(21,17-11-7-3)18-12-8-4;7-3(8)1-6(13,5(11)12)2-4(9)10;;;;/h19H,5-18H2,1-4H3;13H,1-2H2,(H,7,8)(H,9,10)(H,11,12);;;;1H3/q;;3*+1;/p-3. The monoisotopic (exact) mass is 700 g/mol. The van der Waals surface area contributed by atoms with Crippen molar-refractivity contribution in [3.63, 3.8) is 0 Å². The van der Waals surface area contributed by atoms with Crippen LogP contribution in [0.3, 0.4) is 0 Å². The van der Waals surface area contributed by atoms with Crippen molar-refractivity contribution in [3.05, 3.63) is 0 Å². The molecule has 0 bridgehead atoms. The largest absolute Gasteiger partial charge is 1.00 e. The number of carbonyl (C=O) groups excluding carboxylic acids is 3. The van der Waals surface area contributed by atoms with E-state index in [9.17, 15) is 29.7 Å². The molecule has 0 aliphatic carbocycles. The van der Waals surface area contributed by atoms with E-state index in [2.05, 4.69) is 43.6 Å². The van der Waals surface area contributed by atoms with Gasteiger partial charge < -0.3 is 34.8 Å². The van der Waals surface area contributed by atoms with Crippen molar-refractivity contribution in [2.24, 2.45) is 5.92 Å². The van der Waals surface area contributed by atoms with Crippen LogP contribution in [-0.4, -0.2) is 32.9 Å². The minimum absolute atomic E-state index is 0. The van der Waals surface area contributed by atoms with E-state index >= 15 is 0 Å². The molecule has 0 aromatic carbocycles. The summed E-state index contributed by atoms with van der Waals surface area (Å²) >= 11 is 4.25. The summed E-state index contributed by atoms with van der Waals surface area (Å²) in [4.78, 5) is 30.0. The molecule has 0 rings (SSSR count). The molecule has 0 heterocycles. The minimum atomic E-state index is -2.97. The Morgan fingerprint density at radius 2 is 1.05 bits per heavy atom. The van der Waals surface area contributed by atoms with Crippen molar-refractivity contribution in [3.8, 4) is 0 Å². The van der Waals surface area contributed by atoms with Gasteiger partial charge in [0.05, 0.1) is 5.97 Å². The van der Waals surface area contributed by atoms with Crippen molar-refractivity contribution in [1.82, 2.24) is 0 Å². The molecule has 0 aliphatic rings. The number of halogens is 1. The van der Waals surface area contributed by atoms with E-state index in [0.29, 0.717) is 4.32 Å². The maximum absolute atomic E-state index is 10.1. The van der Waals surface area contributed by atoms with E-state index in [0.717, 1.165) is 5.92 Å². The molecular formula is C26H49BrK3O7P. The topological polar surface area (TPSA) is 141 Å². The maximum Gasteiger partial charge on any atom is 1.00 e. The average Bonchev–Trinajstić information content (AvgIpc) is 2.75. The third-order valence-corrected chi connectivity index (χ3v) is 7.63. The molecule has 0 amide bonds. The van der Waals surface area contributed by atoms with E-state index < -0.39 is 36.4 Å². The third kappa shape index (κ3) is 28.9. The second-order valence-corrected chi connectivity index (χ2v) is 10.9. The zero-order chi connectivity index (χ0) is 26.6. The van der Waals surface area contributed by atoms with Crippen LogP contribution in [0.1, 0.15) is 130 Å². The van der Waals surface area contributed by atoms with Gasteiger partial charge in [-0.2, -0.15) is 9.90 Å². The molecule has 7 nitrogen and oxygen atoms in total. The molecule has 0 spiro atoms. The van der Waals surface area contributed by atoms with Crippen molar-refractivity contribution in [2.45, 2.75) is 140 Å². The van der Waals surface area contributed by atoms with Crippen LogP contribution >= 0.6 is 25.8 Å². The molecule has 0 saturated carbocycles. The Hall–Kier alpha value is 4.19. The van der Waals surface area contributed by atoms with Gasteiger partial charge in [0, 0.05) is 29.1 Å². The summed E-state index contributed by atoms with van der Waals surface area (Å²) in [5.74, 6) is -5.09. The zero-order valence-electron chi connectivity index (χ0n) is 25.4. The second-order valence-electron chi connectivity index (χ2n) is 9.35. The van der Waals surface area contributed by atoms with Gasteiger partial charge in [-0.3, -0.25) is 0 Å². The van der Waals surface area contributed by atoms with E-state index in [1.807, 2.05) is 0 Å². The average molecular weight is 702 g/mol. The number of unbranched alkanes of at least 4 members (excludes halogenated alkanes) is 6. The van der Waals surface area contributed by atoms with Crippen LogP contribution in [0.15, 0.2) is 0 Å². The Balaban J connectivity index is -0.000000133. The summed E-state index contributed by atoms with van der Waals surface area (Å²) < 4.78 is 0.431. The number of aliphatic carboxylic acids is 3. The molecule has 0 aromatic rings. The number of rotatable bonds is 20. The van der Waals surface area contributed by atoms with Crippen molar-refractivity contribution < 1.29 is 189 Å². The molecule has 0 radical (unpaired) electrons. The molecule has 210 valence electrons. The summed E-state index contributed by atoms with van der Waals surface area (Å²) in [6, 6.07) is 0. The summed E-state index contributed by atoms with van der Waals surface area (Å²) in [5.41, 5.74) is -2.97. The summed E-state index contributed by atoms with van der Waals surface area (Å²) in [6.45, 7) is 9.30. The van der Waals surface area contributed by atoms with Gasteiger partial charge in [-0.15, -0.1) is 0 Å². The molecule has 0 aliphatic heterocycles. The number of carbonyl (C=O) groups is 3. The first kappa shape index (κ1) is 54.7. The van der Waals surface area contributed by atoms with Crippen LogP contribution in [0.4, 0.5) is 0 Å². The number of aliphatic hydroxyl groups is 1. The number of hydrogen-bond acceptors (Lipinski definition) is 7. The summed E-state index contributed by atoms with van der Waals surface area (Å²) in [5, 5.41) is 38.9. The Kier molecular flexibility index (Phi) is 49.0. The van der Waals surface area contributed by atoms with Crippen molar-refractivity contribution in [2.75, 3.05) is 0 Å². The van der Waals surface area contributed by atoms with Crippen LogP contribution in [0.2, 0.25) is 0 Å². The fourth-order valence-corrected chi connectivity index (χ4v) is 5.11. The molecular weight excluding hydrogens is 652 g/mol. The summed E-state index contributed by atoms with van der Waals surface area (Å²) in [6.07, 6.45) is 16.7. The summed E-state index contributed by atoms with van der Waals surface area (Å²) in [7, 11) is 0. The minimum Gasteiger partial charge on any atom is -0.550 e. The van der Waals surface area contributed by atoms with E-state index in [4.69, 9.17) is 5.11 Å². The molecule has 0 aromatic heterocycles. The van der Waals surface area contributed by atoms with E-state index in [1.54, 1.807) is 0 Å². The van der Waals surface area contributed by atoms with Crippen molar-refractivity contribution in [1.29, 1.82) is 0 Å². The predicted octanol–water partition coefficient (Wildman–Crippen LogP) is -5.91. The number of carboxylic acid groups (broad SMARTS) is 3. The quantitative estimate of drug-likeness (QED) is 0.0578. The van der Waals surface area contributed by atoms with Crippen LogP contribution in [0.5, 0.6) is 0 Å². The molecule has 2 unspecified atom stereocenters. The molecule has 2 atom stereocenters. The van der Waals surface area contributed by atoms with Gasteiger partial charge in [-0.1, -0.05) is 108 Å². The van der Waals surface area contributed by atoms with Gasteiger partial charge >= 0.3 is 154 Å². The smallest absolute Gasteiger partial charge is 0.550 e. The maximum atomic E-state index is 10.1. The van der Waals surface area contributed by atoms with Gasteiger partial charge in [-0.25, -0.2) is 0 Å². The van der Waals surface area contributed by atoms with Gasteiger partial charge in [0.15, 0.2) is 0 Å². The second kappa shape index (κ2) is 34.1. The van der Waals surface area contributed by atoms with Crippen molar-refractivity contribution >= 4 is 43.7 Å². The molecule has 0 saturated heterocycles. The van der Waals surface area contributed by atoms with E-state index in [1.165, 1.54) is 89.9 Å². The fourth-order valence-electron chi connectivity index (χ4n) is 4.09. The molecule has 38 heavy (non-hydrogen) atoms. The van der Waals surface area contributed by atoms with Crippen LogP contribution in [0, 0.1) is 5.92 Å². The first-order valence-corrected chi connectivity index (χ1v) is 13.7. The number of carboxylic acids is 3. The SMILES string of the molecule is CCCCCCC(CCCC)C(Br)(CCCC)CCCC.O=C([O-])CC(O)(CC(=O)[O-])C(=O)[O-].P.[K+].[K+].[K+]. The Morgan fingerprint density at radius 1 is 0.684 bits per heavy atom. The van der Waals surface area contributed by atoms with Crippen LogP contribution in [-0.2, 0) is 14.4 Å². The van der Waals surface area contributed by atoms with E-state index in [-0.39, 0.29) is 164 Å². The zero-order valence-corrected chi connectivity index (χ0v) is 37.7. The molecule has 1 N–H and O–H groups in total. The van der Waals surface area contributed by atoms with Gasteiger partial charge in [0.25, 0.3) is 0 Å². The Bertz CT molecular complexity index is 563. The third-order valence-electron chi connectivity index (χ3n) is 6.19. The predicted molar refractivity (Wildman–Crippen MR) is 143 cm³/mol. The first-order chi connectivity index (χ1) is 15.9. The Labute approximate surface area is 371 Å². The van der Waals surface area contributed by atoms with Crippen LogP contribution < -0.4 is 169 Å². The fraction of sp³-hybridized carbons (Fsp3) is 0.885. The molecule has 0 fully saturated rings. The van der Waals surface area contributed by atoms with Gasteiger partial charge in [0.1, 0.15) is 5.60 Å². The van der Waals surface area contributed by atoms with Crippen LogP contribution in [0.25, 0.3) is 0 Å².